The quantitative estimate of drug-likeness (QED) is 0.535. The minimum atomic E-state index is -0.559. The van der Waals surface area contributed by atoms with Gasteiger partial charge in [0, 0.05) is 24.9 Å². The van der Waals surface area contributed by atoms with E-state index in [1.54, 1.807) is 20.9 Å². The summed E-state index contributed by atoms with van der Waals surface area (Å²) in [6.45, 7) is 4.17. The van der Waals surface area contributed by atoms with Crippen LogP contribution in [0.3, 0.4) is 0 Å². The smallest absolute Gasteiger partial charge is 0.221 e. The molecule has 5 nitrogen and oxygen atoms in total. The molecule has 0 atom stereocenters. The number of hydrogen-bond donors (Lipinski definition) is 3. The lowest BCUT2D eigenvalue weighted by Gasteiger charge is -2.24. The number of amides is 2. The average Bonchev–Trinajstić information content (AvgIpc) is 1.96. The van der Waals surface area contributed by atoms with E-state index in [1.807, 2.05) is 0 Å². The molecule has 0 aromatic carbocycles. The van der Waals surface area contributed by atoms with Crippen LogP contribution in [0.2, 0.25) is 0 Å². The van der Waals surface area contributed by atoms with Gasteiger partial charge in [0.05, 0.1) is 0 Å². The second-order valence-electron chi connectivity index (χ2n) is 3.93. The van der Waals surface area contributed by atoms with E-state index in [4.69, 9.17) is 5.73 Å². The van der Waals surface area contributed by atoms with Crippen molar-refractivity contribution in [2.75, 3.05) is 13.6 Å². The van der Waals surface area contributed by atoms with Crippen LogP contribution in [0, 0.1) is 0 Å². The van der Waals surface area contributed by atoms with Crippen molar-refractivity contribution in [1.29, 1.82) is 0 Å². The van der Waals surface area contributed by atoms with Crippen LogP contribution in [0.15, 0.2) is 0 Å². The van der Waals surface area contributed by atoms with Gasteiger partial charge in [0.2, 0.25) is 11.8 Å². The zero-order chi connectivity index (χ0) is 11.2. The molecular weight excluding hydrogens is 182 g/mol. The lowest BCUT2D eigenvalue weighted by atomic mass is 10.00. The van der Waals surface area contributed by atoms with Gasteiger partial charge in [0.1, 0.15) is 0 Å². The van der Waals surface area contributed by atoms with Crippen LogP contribution in [0.4, 0.5) is 0 Å². The molecule has 0 aromatic rings. The van der Waals surface area contributed by atoms with Crippen molar-refractivity contribution in [3.05, 3.63) is 0 Å². The van der Waals surface area contributed by atoms with Crippen molar-refractivity contribution in [2.24, 2.45) is 5.73 Å². The predicted molar refractivity (Wildman–Crippen MR) is 54.6 cm³/mol. The highest BCUT2D eigenvalue weighted by Crippen LogP contribution is 2.07. The number of nitrogens with two attached hydrogens (primary N) is 1. The normalized spacial score (nSPS) is 11.1. The van der Waals surface area contributed by atoms with E-state index in [-0.39, 0.29) is 12.3 Å². The van der Waals surface area contributed by atoms with Crippen LogP contribution in [0.25, 0.3) is 0 Å². The Balaban J connectivity index is 3.95. The Morgan fingerprint density at radius 3 is 2.36 bits per heavy atom. The van der Waals surface area contributed by atoms with Gasteiger partial charge >= 0.3 is 0 Å². The van der Waals surface area contributed by atoms with Gasteiger partial charge in [-0.25, -0.2) is 0 Å². The second kappa shape index (κ2) is 5.59. The van der Waals surface area contributed by atoms with E-state index >= 15 is 0 Å². The molecule has 0 fully saturated rings. The van der Waals surface area contributed by atoms with E-state index in [0.29, 0.717) is 13.0 Å². The molecule has 4 N–H and O–H groups in total. The van der Waals surface area contributed by atoms with Crippen molar-refractivity contribution in [2.45, 2.75) is 32.2 Å². The first-order valence-electron chi connectivity index (χ1n) is 4.61. The van der Waals surface area contributed by atoms with Crippen LogP contribution in [-0.4, -0.2) is 30.9 Å². The molecule has 0 spiro atoms. The minimum absolute atomic E-state index is 0.0781. The van der Waals surface area contributed by atoms with Crippen molar-refractivity contribution in [1.82, 2.24) is 10.6 Å². The monoisotopic (exact) mass is 201 g/mol. The van der Waals surface area contributed by atoms with Crippen molar-refractivity contribution in [3.8, 4) is 0 Å². The lowest BCUT2D eigenvalue weighted by molar-refractivity contribution is -0.123. The molecule has 5 heteroatoms. The highest BCUT2D eigenvalue weighted by atomic mass is 16.2. The van der Waals surface area contributed by atoms with Gasteiger partial charge in [-0.2, -0.15) is 0 Å². The maximum absolute atomic E-state index is 11.3. The number of hydrogen-bond acceptors (Lipinski definition) is 3. The van der Waals surface area contributed by atoms with Crippen LogP contribution >= 0.6 is 0 Å². The molecule has 0 saturated heterocycles. The van der Waals surface area contributed by atoms with Gasteiger partial charge in [0.25, 0.3) is 0 Å². The van der Waals surface area contributed by atoms with Gasteiger partial charge < -0.3 is 16.4 Å². The maximum atomic E-state index is 11.3. The largest absolute Gasteiger partial charge is 0.370 e. The van der Waals surface area contributed by atoms with Gasteiger partial charge in [-0.15, -0.1) is 0 Å². The second-order valence-corrected chi connectivity index (χ2v) is 3.93. The standard InChI is InChI=1S/C9H19N3O2/c1-9(2,6-7(10)13)12-8(14)4-5-11-3/h11H,4-6H2,1-3H3,(H2,10,13)(H,12,14). The first kappa shape index (κ1) is 12.9. The third-order valence-electron chi connectivity index (χ3n) is 1.70. The average molecular weight is 201 g/mol. The molecular formula is C9H19N3O2. The summed E-state index contributed by atoms with van der Waals surface area (Å²) < 4.78 is 0. The van der Waals surface area contributed by atoms with E-state index in [9.17, 15) is 9.59 Å². The molecule has 0 rings (SSSR count). The Morgan fingerprint density at radius 1 is 1.36 bits per heavy atom. The molecule has 0 aromatic heterocycles. The molecule has 82 valence electrons. The van der Waals surface area contributed by atoms with Crippen molar-refractivity contribution in [3.63, 3.8) is 0 Å². The Hall–Kier alpha value is -1.10. The summed E-state index contributed by atoms with van der Waals surface area (Å²) in [5.41, 5.74) is 4.49. The summed E-state index contributed by atoms with van der Waals surface area (Å²) in [5, 5.41) is 5.62. The highest BCUT2D eigenvalue weighted by Gasteiger charge is 2.22. The van der Waals surface area contributed by atoms with Gasteiger partial charge in [-0.3, -0.25) is 9.59 Å². The van der Waals surface area contributed by atoms with Crippen molar-refractivity contribution >= 4 is 11.8 Å². The first-order valence-corrected chi connectivity index (χ1v) is 4.61. The number of carbonyl (C=O) groups is 2. The summed E-state index contributed by atoms with van der Waals surface area (Å²) in [5.74, 6) is -0.491. The Labute approximate surface area is 84.4 Å². The lowest BCUT2D eigenvalue weighted by Crippen LogP contribution is -2.46. The van der Waals surface area contributed by atoms with E-state index in [2.05, 4.69) is 10.6 Å². The fourth-order valence-electron chi connectivity index (χ4n) is 1.16. The summed E-state index contributed by atoms with van der Waals surface area (Å²) in [6.07, 6.45) is 0.553. The zero-order valence-corrected chi connectivity index (χ0v) is 9.02. The number of carbonyl (C=O) groups excluding carboxylic acids is 2. The molecule has 14 heavy (non-hydrogen) atoms. The molecule has 0 radical (unpaired) electrons. The topological polar surface area (TPSA) is 84.2 Å². The SMILES string of the molecule is CNCCC(=O)NC(C)(C)CC(N)=O. The zero-order valence-electron chi connectivity index (χ0n) is 9.02. The van der Waals surface area contributed by atoms with Crippen LogP contribution in [-0.2, 0) is 9.59 Å². The van der Waals surface area contributed by atoms with Gasteiger partial charge in [-0.05, 0) is 20.9 Å². The Morgan fingerprint density at radius 2 is 1.93 bits per heavy atom. The molecule has 0 aliphatic heterocycles. The molecule has 0 saturated carbocycles. The predicted octanol–water partition coefficient (Wildman–Crippen LogP) is -0.634. The number of primary amides is 1. The third kappa shape index (κ3) is 6.42. The maximum Gasteiger partial charge on any atom is 0.221 e. The molecule has 0 aliphatic carbocycles. The number of nitrogens with one attached hydrogen (secondary N) is 2. The van der Waals surface area contributed by atoms with Crippen LogP contribution in [0.1, 0.15) is 26.7 Å². The third-order valence-corrected chi connectivity index (χ3v) is 1.70. The summed E-state index contributed by atoms with van der Waals surface area (Å²) in [6, 6.07) is 0. The van der Waals surface area contributed by atoms with Crippen molar-refractivity contribution < 1.29 is 9.59 Å². The van der Waals surface area contributed by atoms with Crippen LogP contribution in [0.5, 0.6) is 0 Å². The highest BCUT2D eigenvalue weighted by molar-refractivity contribution is 5.79. The van der Waals surface area contributed by atoms with E-state index < -0.39 is 11.4 Å². The fourth-order valence-corrected chi connectivity index (χ4v) is 1.16. The molecule has 0 unspecified atom stereocenters. The summed E-state index contributed by atoms with van der Waals surface area (Å²) in [7, 11) is 1.78. The fraction of sp³-hybridized carbons (Fsp3) is 0.778. The van der Waals surface area contributed by atoms with Crippen LogP contribution < -0.4 is 16.4 Å². The van der Waals surface area contributed by atoms with E-state index in [0.717, 1.165) is 0 Å². The first-order chi connectivity index (χ1) is 6.37. The molecule has 0 bridgehead atoms. The van der Waals surface area contributed by atoms with E-state index in [1.165, 1.54) is 0 Å². The van der Waals surface area contributed by atoms with Gasteiger partial charge in [0.15, 0.2) is 0 Å². The molecule has 0 heterocycles. The molecule has 0 aliphatic rings. The number of rotatable bonds is 6. The minimum Gasteiger partial charge on any atom is -0.370 e. The summed E-state index contributed by atoms with van der Waals surface area (Å²) in [4.78, 5) is 22.0. The summed E-state index contributed by atoms with van der Waals surface area (Å²) >= 11 is 0. The Kier molecular flexibility index (Phi) is 5.15. The van der Waals surface area contributed by atoms with Gasteiger partial charge in [-0.1, -0.05) is 0 Å². The molecule has 2 amide bonds. The Bertz CT molecular complexity index is 214.